The molecule has 2 aromatic rings. The Kier molecular flexibility index (Phi) is 5.14. The molecule has 1 aliphatic heterocycles. The second-order valence-electron chi connectivity index (χ2n) is 6.76. The summed E-state index contributed by atoms with van der Waals surface area (Å²) in [5.74, 6) is -0.982. The molecule has 0 aliphatic carbocycles. The highest BCUT2D eigenvalue weighted by molar-refractivity contribution is 7.91. The Bertz CT molecular complexity index is 979. The minimum absolute atomic E-state index is 0.0576. The number of hydrogen-bond acceptors (Lipinski definition) is 7. The van der Waals surface area contributed by atoms with Crippen molar-refractivity contribution < 1.29 is 32.3 Å². The van der Waals surface area contributed by atoms with Crippen LogP contribution < -0.4 is 0 Å². The van der Waals surface area contributed by atoms with E-state index in [1.54, 1.807) is 6.07 Å². The van der Waals surface area contributed by atoms with E-state index < -0.39 is 33.9 Å². The molecule has 1 aromatic carbocycles. The van der Waals surface area contributed by atoms with Crippen LogP contribution in [0.3, 0.4) is 0 Å². The van der Waals surface area contributed by atoms with Crippen LogP contribution in [-0.4, -0.2) is 61.0 Å². The number of nitrogens with zero attached hydrogens (tertiary/aromatic N) is 1. The van der Waals surface area contributed by atoms with Crippen LogP contribution in [0.5, 0.6) is 5.75 Å². The van der Waals surface area contributed by atoms with E-state index in [9.17, 15) is 23.1 Å². The fraction of sp³-hybridized carbons (Fsp3) is 0.444. The van der Waals surface area contributed by atoms with Gasteiger partial charge in [0, 0.05) is 30.1 Å². The number of carbonyl (C=O) groups is 2. The summed E-state index contributed by atoms with van der Waals surface area (Å²) < 4.78 is 33.7. The van der Waals surface area contributed by atoms with Gasteiger partial charge in [-0.05, 0) is 25.5 Å². The molecule has 1 N–H and O–H groups in total. The van der Waals surface area contributed by atoms with Gasteiger partial charge in [-0.2, -0.15) is 0 Å². The van der Waals surface area contributed by atoms with E-state index in [1.807, 2.05) is 0 Å². The third kappa shape index (κ3) is 4.24. The lowest BCUT2D eigenvalue weighted by Gasteiger charge is -2.26. The summed E-state index contributed by atoms with van der Waals surface area (Å²) in [6.45, 7) is 1.46. The van der Waals surface area contributed by atoms with E-state index in [2.05, 4.69) is 0 Å². The molecule has 0 saturated carbocycles. The van der Waals surface area contributed by atoms with Crippen molar-refractivity contribution >= 4 is 32.7 Å². The van der Waals surface area contributed by atoms with E-state index in [-0.39, 0.29) is 23.7 Å². The Balaban J connectivity index is 1.60. The van der Waals surface area contributed by atoms with Gasteiger partial charge in [0.1, 0.15) is 11.3 Å². The molecule has 0 spiro atoms. The molecule has 0 unspecified atom stereocenters. The highest BCUT2D eigenvalue weighted by Crippen LogP contribution is 2.25. The van der Waals surface area contributed by atoms with Crippen molar-refractivity contribution in [3.8, 4) is 5.75 Å². The predicted octanol–water partition coefficient (Wildman–Crippen LogP) is 1.26. The minimum Gasteiger partial charge on any atom is -0.508 e. The van der Waals surface area contributed by atoms with Crippen molar-refractivity contribution in [2.45, 2.75) is 31.9 Å². The number of rotatable bonds is 5. The first-order chi connectivity index (χ1) is 12.7. The van der Waals surface area contributed by atoms with E-state index in [4.69, 9.17) is 9.15 Å². The minimum atomic E-state index is -3.11. The topological polar surface area (TPSA) is 114 Å². The summed E-state index contributed by atoms with van der Waals surface area (Å²) in [7, 11) is -1.59. The molecule has 1 fully saturated rings. The number of sulfone groups is 1. The predicted molar refractivity (Wildman–Crippen MR) is 97.0 cm³/mol. The zero-order valence-corrected chi connectivity index (χ0v) is 15.9. The molecular weight excluding hydrogens is 374 g/mol. The Morgan fingerprint density at radius 2 is 2.15 bits per heavy atom. The summed E-state index contributed by atoms with van der Waals surface area (Å²) >= 11 is 0. The van der Waals surface area contributed by atoms with Gasteiger partial charge < -0.3 is 19.2 Å². The van der Waals surface area contributed by atoms with Gasteiger partial charge in [-0.25, -0.2) is 8.42 Å². The fourth-order valence-electron chi connectivity index (χ4n) is 3.20. The smallest absolute Gasteiger partial charge is 0.311 e. The van der Waals surface area contributed by atoms with Crippen molar-refractivity contribution in [3.63, 3.8) is 0 Å². The largest absolute Gasteiger partial charge is 0.508 e. The molecule has 146 valence electrons. The van der Waals surface area contributed by atoms with Crippen molar-refractivity contribution in [1.29, 1.82) is 0 Å². The highest BCUT2D eigenvalue weighted by atomic mass is 32.2. The molecule has 9 heteroatoms. The lowest BCUT2D eigenvalue weighted by Crippen LogP contribution is -2.44. The van der Waals surface area contributed by atoms with Crippen molar-refractivity contribution in [2.24, 2.45) is 0 Å². The van der Waals surface area contributed by atoms with Gasteiger partial charge in [0.15, 0.2) is 15.9 Å². The first-order valence-electron chi connectivity index (χ1n) is 8.52. The monoisotopic (exact) mass is 395 g/mol. The van der Waals surface area contributed by atoms with Crippen LogP contribution >= 0.6 is 0 Å². The van der Waals surface area contributed by atoms with Crippen LogP contribution in [0.25, 0.3) is 11.0 Å². The lowest BCUT2D eigenvalue weighted by molar-refractivity contribution is -0.158. The van der Waals surface area contributed by atoms with Gasteiger partial charge in [0.2, 0.25) is 0 Å². The Hall–Kier alpha value is -2.55. The maximum Gasteiger partial charge on any atom is 0.311 e. The Morgan fingerprint density at radius 3 is 2.81 bits per heavy atom. The number of esters is 1. The number of phenols is 1. The number of phenolic OH excluding ortho intramolecular Hbond substituents is 1. The van der Waals surface area contributed by atoms with Gasteiger partial charge in [-0.3, -0.25) is 9.59 Å². The van der Waals surface area contributed by atoms with E-state index in [0.29, 0.717) is 23.0 Å². The third-order valence-electron chi connectivity index (χ3n) is 4.73. The molecule has 0 radical (unpaired) electrons. The lowest BCUT2D eigenvalue weighted by atomic mass is 10.1. The zero-order chi connectivity index (χ0) is 19.8. The van der Waals surface area contributed by atoms with Crippen molar-refractivity contribution in [3.05, 3.63) is 30.0 Å². The van der Waals surface area contributed by atoms with Crippen LogP contribution in [-0.2, 0) is 30.6 Å². The first-order valence-corrected chi connectivity index (χ1v) is 10.3. The number of carbonyl (C=O) groups excluding carboxylic acids is 2. The molecule has 3 rings (SSSR count). The molecule has 8 nitrogen and oxygen atoms in total. The molecule has 1 aromatic heterocycles. The highest BCUT2D eigenvalue weighted by Gasteiger charge is 2.35. The van der Waals surface area contributed by atoms with Crippen LogP contribution in [0.4, 0.5) is 0 Å². The van der Waals surface area contributed by atoms with Gasteiger partial charge in [-0.1, -0.05) is 0 Å². The van der Waals surface area contributed by atoms with E-state index in [1.165, 1.54) is 37.3 Å². The fourth-order valence-corrected chi connectivity index (χ4v) is 4.98. The van der Waals surface area contributed by atoms with Crippen LogP contribution in [0.15, 0.2) is 28.9 Å². The van der Waals surface area contributed by atoms with E-state index in [0.717, 1.165) is 0 Å². The molecule has 2 atom stereocenters. The number of aromatic hydroxyl groups is 1. The van der Waals surface area contributed by atoms with Crippen LogP contribution in [0.1, 0.15) is 18.9 Å². The summed E-state index contributed by atoms with van der Waals surface area (Å²) in [6.07, 6.45) is 0.691. The maximum absolute atomic E-state index is 12.4. The van der Waals surface area contributed by atoms with Crippen LogP contribution in [0.2, 0.25) is 0 Å². The molecule has 1 amide bonds. The van der Waals surface area contributed by atoms with Gasteiger partial charge in [0.05, 0.1) is 24.2 Å². The average Bonchev–Trinajstić information content (AvgIpc) is 3.16. The Labute approximate surface area is 156 Å². The molecule has 1 aliphatic rings. The molecule has 2 heterocycles. The number of amides is 1. The normalized spacial score (nSPS) is 19.7. The second-order valence-corrected chi connectivity index (χ2v) is 8.98. The Morgan fingerprint density at radius 1 is 1.41 bits per heavy atom. The molecule has 1 saturated heterocycles. The average molecular weight is 395 g/mol. The maximum atomic E-state index is 12.4. The number of benzene rings is 1. The van der Waals surface area contributed by atoms with E-state index >= 15 is 0 Å². The molecular formula is C18H21NO7S. The van der Waals surface area contributed by atoms with Gasteiger partial charge in [0.25, 0.3) is 5.91 Å². The zero-order valence-electron chi connectivity index (χ0n) is 15.0. The summed E-state index contributed by atoms with van der Waals surface area (Å²) in [5.41, 5.74) is 1.04. The standard InChI is InChI=1S/C18H21NO7S/c1-11(18(22)19(2)13-5-6-27(23,24)10-13)26-17(21)7-12-9-25-16-8-14(20)3-4-15(12)16/h3-4,8-9,11,13,20H,5-7,10H2,1-2H3/t11-,13-/m1/s1. The third-order valence-corrected chi connectivity index (χ3v) is 6.48. The summed E-state index contributed by atoms with van der Waals surface area (Å²) in [5, 5.41) is 10.1. The van der Waals surface area contributed by atoms with Gasteiger partial charge >= 0.3 is 5.97 Å². The number of ether oxygens (including phenoxy) is 1. The molecule has 0 bridgehead atoms. The van der Waals surface area contributed by atoms with Crippen molar-refractivity contribution in [2.75, 3.05) is 18.6 Å². The number of fused-ring (bicyclic) bond motifs is 1. The SMILES string of the molecule is C[C@@H](OC(=O)Cc1coc2cc(O)ccc12)C(=O)N(C)[C@@H]1CCS(=O)(=O)C1. The van der Waals surface area contributed by atoms with Gasteiger partial charge in [-0.15, -0.1) is 0 Å². The second kappa shape index (κ2) is 7.22. The van der Waals surface area contributed by atoms with Crippen LogP contribution in [0, 0.1) is 0 Å². The summed E-state index contributed by atoms with van der Waals surface area (Å²) in [4.78, 5) is 26.0. The molecule has 27 heavy (non-hydrogen) atoms. The summed E-state index contributed by atoms with van der Waals surface area (Å²) in [6, 6.07) is 4.18. The number of likely N-dealkylation sites (N-methyl/N-ethyl adjacent to an activating group) is 1. The van der Waals surface area contributed by atoms with Crippen molar-refractivity contribution in [1.82, 2.24) is 4.90 Å². The number of furan rings is 1. The number of hydrogen-bond donors (Lipinski definition) is 1. The first kappa shape index (κ1) is 19.2. The quantitative estimate of drug-likeness (QED) is 0.758.